The van der Waals surface area contributed by atoms with Crippen LogP contribution in [0.15, 0.2) is 83.3 Å². The van der Waals surface area contributed by atoms with Crippen LogP contribution < -0.4 is 9.47 Å². The summed E-state index contributed by atoms with van der Waals surface area (Å²) in [5, 5.41) is 0. The predicted molar refractivity (Wildman–Crippen MR) is 112 cm³/mol. The number of halogens is 1. The number of para-hydroxylation sites is 1. The number of rotatable bonds is 6. The van der Waals surface area contributed by atoms with Crippen molar-refractivity contribution in [1.82, 2.24) is 0 Å². The molecule has 0 aliphatic heterocycles. The first-order valence-electron chi connectivity index (χ1n) is 8.50. The third kappa shape index (κ3) is 4.75. The Kier molecular flexibility index (Phi) is 6.40. The van der Waals surface area contributed by atoms with Crippen molar-refractivity contribution in [2.24, 2.45) is 0 Å². The van der Waals surface area contributed by atoms with Gasteiger partial charge in [0.25, 0.3) is 0 Å². The number of carbonyl (C=O) groups is 2. The van der Waals surface area contributed by atoms with Crippen LogP contribution in [0, 0.1) is 0 Å². The molecule has 0 aliphatic carbocycles. The van der Waals surface area contributed by atoms with Gasteiger partial charge >= 0.3 is 5.97 Å². The highest BCUT2D eigenvalue weighted by Crippen LogP contribution is 2.21. The Labute approximate surface area is 171 Å². The maximum Gasteiger partial charge on any atom is 0.344 e. The van der Waals surface area contributed by atoms with Gasteiger partial charge in [-0.1, -0.05) is 30.3 Å². The van der Waals surface area contributed by atoms with Gasteiger partial charge in [-0.05, 0) is 70.5 Å². The van der Waals surface area contributed by atoms with Gasteiger partial charge in [-0.25, -0.2) is 4.79 Å². The second kappa shape index (κ2) is 9.15. The van der Waals surface area contributed by atoms with E-state index in [0.717, 1.165) is 5.56 Å². The maximum atomic E-state index is 12.4. The molecule has 0 unspecified atom stereocenters. The number of methoxy groups -OCH3 is 1. The van der Waals surface area contributed by atoms with Crippen LogP contribution in [-0.2, 0) is 0 Å². The van der Waals surface area contributed by atoms with Crippen LogP contribution in [0.25, 0.3) is 6.08 Å². The maximum absolute atomic E-state index is 12.4. The molecule has 0 saturated carbocycles. The normalized spacial score (nSPS) is 10.6. The standard InChI is InChI=1S/C23H17BrO4/c1-27-22-9-5-2-6-17(22)12-15-21(25)16-10-13-18(14-11-16)28-23(26)19-7-3-4-8-20(19)24/h2-15H,1H3. The van der Waals surface area contributed by atoms with Crippen molar-refractivity contribution >= 4 is 33.8 Å². The predicted octanol–water partition coefficient (Wildman–Crippen LogP) is 5.57. The van der Waals surface area contributed by atoms with Crippen LogP contribution in [0.3, 0.4) is 0 Å². The van der Waals surface area contributed by atoms with E-state index in [0.29, 0.717) is 27.1 Å². The summed E-state index contributed by atoms with van der Waals surface area (Å²) in [4.78, 5) is 24.6. The van der Waals surface area contributed by atoms with E-state index in [-0.39, 0.29) is 5.78 Å². The van der Waals surface area contributed by atoms with Crippen molar-refractivity contribution in [3.05, 3.63) is 100 Å². The minimum atomic E-state index is -0.470. The molecule has 3 rings (SSSR count). The van der Waals surface area contributed by atoms with E-state index in [1.165, 1.54) is 6.08 Å². The smallest absolute Gasteiger partial charge is 0.344 e. The van der Waals surface area contributed by atoms with E-state index in [9.17, 15) is 9.59 Å². The monoisotopic (exact) mass is 436 g/mol. The highest BCUT2D eigenvalue weighted by atomic mass is 79.9. The van der Waals surface area contributed by atoms with Gasteiger partial charge < -0.3 is 9.47 Å². The zero-order chi connectivity index (χ0) is 19.9. The van der Waals surface area contributed by atoms with E-state index in [2.05, 4.69) is 15.9 Å². The Morgan fingerprint density at radius 2 is 1.57 bits per heavy atom. The average molecular weight is 437 g/mol. The van der Waals surface area contributed by atoms with Crippen LogP contribution >= 0.6 is 15.9 Å². The third-order valence-electron chi connectivity index (χ3n) is 4.00. The van der Waals surface area contributed by atoms with E-state index in [4.69, 9.17) is 9.47 Å². The first-order valence-corrected chi connectivity index (χ1v) is 9.30. The van der Waals surface area contributed by atoms with Gasteiger partial charge in [-0.15, -0.1) is 0 Å². The number of ketones is 1. The first kappa shape index (κ1) is 19.6. The van der Waals surface area contributed by atoms with Gasteiger partial charge in [0.05, 0.1) is 12.7 Å². The molecule has 28 heavy (non-hydrogen) atoms. The summed E-state index contributed by atoms with van der Waals surface area (Å²) in [5.41, 5.74) is 1.74. The fourth-order valence-corrected chi connectivity index (χ4v) is 2.99. The molecule has 3 aromatic rings. The molecule has 0 spiro atoms. The van der Waals surface area contributed by atoms with Crippen molar-refractivity contribution in [2.75, 3.05) is 7.11 Å². The van der Waals surface area contributed by atoms with Crippen LogP contribution in [-0.4, -0.2) is 18.9 Å². The fraction of sp³-hybridized carbons (Fsp3) is 0.0435. The van der Waals surface area contributed by atoms with E-state index < -0.39 is 5.97 Å². The Hall–Kier alpha value is -3.18. The van der Waals surface area contributed by atoms with Gasteiger partial charge in [0.2, 0.25) is 0 Å². The Bertz CT molecular complexity index is 1020. The van der Waals surface area contributed by atoms with Gasteiger partial charge in [0.15, 0.2) is 5.78 Å². The molecule has 5 heteroatoms. The number of hydrogen-bond donors (Lipinski definition) is 0. The van der Waals surface area contributed by atoms with Crippen LogP contribution in [0.2, 0.25) is 0 Å². The molecule has 140 valence electrons. The van der Waals surface area contributed by atoms with E-state index in [1.54, 1.807) is 55.7 Å². The molecule has 0 radical (unpaired) electrons. The largest absolute Gasteiger partial charge is 0.496 e. The molecule has 0 aliphatic rings. The summed E-state index contributed by atoms with van der Waals surface area (Å²) in [7, 11) is 1.59. The quantitative estimate of drug-likeness (QED) is 0.219. The van der Waals surface area contributed by atoms with E-state index in [1.807, 2.05) is 30.3 Å². The van der Waals surface area contributed by atoms with Crippen LogP contribution in [0.1, 0.15) is 26.3 Å². The number of allylic oxidation sites excluding steroid dienone is 1. The lowest BCUT2D eigenvalue weighted by Gasteiger charge is -2.06. The molecule has 4 nitrogen and oxygen atoms in total. The van der Waals surface area contributed by atoms with E-state index >= 15 is 0 Å². The summed E-state index contributed by atoms with van der Waals surface area (Å²) >= 11 is 3.33. The number of ether oxygens (including phenoxy) is 2. The molecule has 0 atom stereocenters. The summed E-state index contributed by atoms with van der Waals surface area (Å²) in [6, 6.07) is 20.9. The van der Waals surface area contributed by atoms with Crippen molar-refractivity contribution in [3.63, 3.8) is 0 Å². The van der Waals surface area contributed by atoms with Gasteiger partial charge in [-0.3, -0.25) is 4.79 Å². The lowest BCUT2D eigenvalue weighted by Crippen LogP contribution is -2.09. The Morgan fingerprint density at radius 1 is 0.893 bits per heavy atom. The molecule has 0 heterocycles. The van der Waals surface area contributed by atoms with Crippen molar-refractivity contribution in [2.45, 2.75) is 0 Å². The number of esters is 1. The molecule has 3 aromatic carbocycles. The molecule has 0 amide bonds. The zero-order valence-corrected chi connectivity index (χ0v) is 16.7. The van der Waals surface area contributed by atoms with Crippen molar-refractivity contribution in [1.29, 1.82) is 0 Å². The second-order valence-corrected chi connectivity index (χ2v) is 6.69. The van der Waals surface area contributed by atoms with Crippen molar-refractivity contribution in [3.8, 4) is 11.5 Å². The summed E-state index contributed by atoms with van der Waals surface area (Å²) in [6.07, 6.45) is 3.20. The van der Waals surface area contributed by atoms with Crippen LogP contribution in [0.5, 0.6) is 11.5 Å². The Balaban J connectivity index is 1.68. The molecule has 0 bridgehead atoms. The summed E-state index contributed by atoms with van der Waals surface area (Å²) in [6.45, 7) is 0. The first-order chi connectivity index (χ1) is 13.6. The third-order valence-corrected chi connectivity index (χ3v) is 4.69. The summed E-state index contributed by atoms with van der Waals surface area (Å²) < 4.78 is 11.3. The molecule has 0 N–H and O–H groups in total. The van der Waals surface area contributed by atoms with Gasteiger partial charge in [0.1, 0.15) is 11.5 Å². The van der Waals surface area contributed by atoms with Gasteiger partial charge in [0, 0.05) is 15.6 Å². The topological polar surface area (TPSA) is 52.6 Å². The highest BCUT2D eigenvalue weighted by Gasteiger charge is 2.12. The fourth-order valence-electron chi connectivity index (χ4n) is 2.54. The number of benzene rings is 3. The van der Waals surface area contributed by atoms with Crippen LogP contribution in [0.4, 0.5) is 0 Å². The molecule has 0 aromatic heterocycles. The lowest BCUT2D eigenvalue weighted by molar-refractivity contribution is 0.0733. The highest BCUT2D eigenvalue weighted by molar-refractivity contribution is 9.10. The minimum absolute atomic E-state index is 0.158. The molecule has 0 saturated heterocycles. The zero-order valence-electron chi connectivity index (χ0n) is 15.1. The average Bonchev–Trinajstić information content (AvgIpc) is 2.73. The Morgan fingerprint density at radius 3 is 2.29 bits per heavy atom. The number of hydrogen-bond acceptors (Lipinski definition) is 4. The molecular weight excluding hydrogens is 420 g/mol. The second-order valence-electron chi connectivity index (χ2n) is 5.83. The lowest BCUT2D eigenvalue weighted by atomic mass is 10.1. The molecular formula is C23H17BrO4. The molecule has 0 fully saturated rings. The SMILES string of the molecule is COc1ccccc1C=CC(=O)c1ccc(OC(=O)c2ccccc2Br)cc1. The van der Waals surface area contributed by atoms with Gasteiger partial charge in [-0.2, -0.15) is 0 Å². The number of carbonyl (C=O) groups excluding carboxylic acids is 2. The van der Waals surface area contributed by atoms with Crippen molar-refractivity contribution < 1.29 is 19.1 Å². The summed E-state index contributed by atoms with van der Waals surface area (Å²) in [5.74, 6) is 0.434. The minimum Gasteiger partial charge on any atom is -0.496 e.